The molecule has 142 valence electrons. The van der Waals surface area contributed by atoms with Gasteiger partial charge in [0.05, 0.1) is 0 Å². The van der Waals surface area contributed by atoms with Crippen molar-refractivity contribution in [1.82, 2.24) is 0 Å². The first-order valence-electron chi connectivity index (χ1n) is 9.82. The van der Waals surface area contributed by atoms with Crippen molar-refractivity contribution >= 4 is 23.2 Å². The molecular formula is C23H28N2O2. The van der Waals surface area contributed by atoms with Crippen molar-refractivity contribution in [1.29, 1.82) is 0 Å². The number of hydrogen-bond donors (Lipinski definition) is 1. The number of amides is 2. The molecule has 0 spiro atoms. The lowest BCUT2D eigenvalue weighted by Crippen LogP contribution is -2.39. The Hall–Kier alpha value is -2.62. The van der Waals surface area contributed by atoms with E-state index in [1.54, 1.807) is 0 Å². The first kappa shape index (κ1) is 19.2. The molecule has 4 heteroatoms. The number of carbonyl (C=O) groups is 2. The number of nitrogens with zero attached hydrogens (tertiary/aromatic N) is 1. The van der Waals surface area contributed by atoms with E-state index in [0.717, 1.165) is 42.6 Å². The number of nitrogens with one attached hydrogen (secondary N) is 1. The highest BCUT2D eigenvalue weighted by Gasteiger charge is 2.32. The number of hydrogen-bond acceptors (Lipinski definition) is 2. The first-order chi connectivity index (χ1) is 13.1. The number of anilines is 2. The lowest BCUT2D eigenvalue weighted by molar-refractivity contribution is -0.126. The Bertz CT molecular complexity index is 780. The molecule has 0 radical (unpaired) electrons. The van der Waals surface area contributed by atoms with Gasteiger partial charge in [0.25, 0.3) is 0 Å². The topological polar surface area (TPSA) is 49.4 Å². The number of benzene rings is 2. The normalized spacial score (nSPS) is 19.3. The Labute approximate surface area is 161 Å². The van der Waals surface area contributed by atoms with Crippen LogP contribution in [0.4, 0.5) is 11.4 Å². The molecular weight excluding hydrogens is 336 g/mol. The third-order valence-electron chi connectivity index (χ3n) is 5.38. The molecule has 1 saturated carbocycles. The van der Waals surface area contributed by atoms with Crippen molar-refractivity contribution in [3.8, 4) is 0 Å². The largest absolute Gasteiger partial charge is 0.326 e. The van der Waals surface area contributed by atoms with Crippen LogP contribution in [-0.4, -0.2) is 18.4 Å². The Balaban J connectivity index is 1.57. The molecule has 2 amide bonds. The highest BCUT2D eigenvalue weighted by Crippen LogP contribution is 2.32. The first-order valence-corrected chi connectivity index (χ1v) is 9.82. The fraction of sp³-hybridized carbons (Fsp3) is 0.391. The average Bonchev–Trinajstić information content (AvgIpc) is 2.69. The van der Waals surface area contributed by atoms with Crippen LogP contribution in [-0.2, 0) is 9.59 Å². The average molecular weight is 364 g/mol. The van der Waals surface area contributed by atoms with Crippen LogP contribution in [0.5, 0.6) is 0 Å². The van der Waals surface area contributed by atoms with Gasteiger partial charge in [0, 0.05) is 29.8 Å². The molecule has 3 rings (SSSR count). The van der Waals surface area contributed by atoms with Gasteiger partial charge >= 0.3 is 0 Å². The lowest BCUT2D eigenvalue weighted by atomic mass is 9.80. The zero-order chi connectivity index (χ0) is 19.2. The maximum Gasteiger partial charge on any atom is 0.230 e. The van der Waals surface area contributed by atoms with Crippen LogP contribution < -0.4 is 10.2 Å². The summed E-state index contributed by atoms with van der Waals surface area (Å²) in [7, 11) is 0. The lowest BCUT2D eigenvalue weighted by Gasteiger charge is -2.31. The summed E-state index contributed by atoms with van der Waals surface area (Å²) in [5.74, 6) is 0.248. The highest BCUT2D eigenvalue weighted by molar-refractivity contribution is 5.96. The van der Waals surface area contributed by atoms with Crippen LogP contribution in [0.1, 0.15) is 38.2 Å². The number of para-hydroxylation sites is 1. The Kier molecular flexibility index (Phi) is 6.28. The summed E-state index contributed by atoms with van der Waals surface area (Å²) in [6.45, 7) is 4.72. The molecule has 1 N–H and O–H groups in total. The molecule has 4 nitrogen and oxygen atoms in total. The van der Waals surface area contributed by atoms with Crippen LogP contribution in [0, 0.1) is 18.8 Å². The maximum absolute atomic E-state index is 13.0. The second kappa shape index (κ2) is 8.85. The fourth-order valence-electron chi connectivity index (χ4n) is 3.85. The number of aryl methyl sites for hydroxylation is 1. The van der Waals surface area contributed by atoms with E-state index in [9.17, 15) is 9.59 Å². The van der Waals surface area contributed by atoms with Crippen LogP contribution in [0.15, 0.2) is 54.6 Å². The molecule has 0 unspecified atom stereocenters. The molecule has 2 aromatic carbocycles. The van der Waals surface area contributed by atoms with Crippen molar-refractivity contribution in [2.45, 2.75) is 39.5 Å². The highest BCUT2D eigenvalue weighted by atomic mass is 16.2. The molecule has 27 heavy (non-hydrogen) atoms. The second-order valence-electron chi connectivity index (χ2n) is 7.33. The predicted molar refractivity (Wildman–Crippen MR) is 110 cm³/mol. The van der Waals surface area contributed by atoms with Crippen LogP contribution in [0.25, 0.3) is 0 Å². The van der Waals surface area contributed by atoms with Gasteiger partial charge in [-0.25, -0.2) is 0 Å². The standard InChI is InChI=1S/C23H28N2O2/c1-3-25(21-11-7-8-17(2)16-21)23(27)19-14-12-18(13-15-19)22(26)24-20-9-5-4-6-10-20/h4-11,16,18-19H,3,12-15H2,1-2H3,(H,24,26). The smallest absolute Gasteiger partial charge is 0.230 e. The van der Waals surface area contributed by atoms with Gasteiger partial charge in [-0.2, -0.15) is 0 Å². The van der Waals surface area contributed by atoms with Gasteiger partial charge in [-0.1, -0.05) is 30.3 Å². The molecule has 0 atom stereocenters. The Morgan fingerprint density at radius 1 is 0.963 bits per heavy atom. The quantitative estimate of drug-likeness (QED) is 0.829. The molecule has 1 aliphatic carbocycles. The molecule has 0 aliphatic heterocycles. The zero-order valence-corrected chi connectivity index (χ0v) is 16.2. The summed E-state index contributed by atoms with van der Waals surface area (Å²) in [5, 5.41) is 2.99. The molecule has 0 bridgehead atoms. The maximum atomic E-state index is 13.0. The van der Waals surface area contributed by atoms with E-state index in [0.29, 0.717) is 6.54 Å². The minimum atomic E-state index is -0.0108. The molecule has 1 aliphatic rings. The number of rotatable bonds is 5. The van der Waals surface area contributed by atoms with E-state index in [-0.39, 0.29) is 23.7 Å². The Morgan fingerprint density at radius 3 is 2.26 bits per heavy atom. The minimum Gasteiger partial charge on any atom is -0.326 e. The van der Waals surface area contributed by atoms with Gasteiger partial charge in [0.1, 0.15) is 0 Å². The van der Waals surface area contributed by atoms with Gasteiger partial charge in [-0.05, 0) is 69.4 Å². The van der Waals surface area contributed by atoms with Crippen molar-refractivity contribution in [3.63, 3.8) is 0 Å². The summed E-state index contributed by atoms with van der Waals surface area (Å²) in [4.78, 5) is 27.4. The van der Waals surface area contributed by atoms with Gasteiger partial charge in [-0.15, -0.1) is 0 Å². The summed E-state index contributed by atoms with van der Waals surface area (Å²) >= 11 is 0. The molecule has 2 aromatic rings. The van der Waals surface area contributed by atoms with E-state index in [1.165, 1.54) is 0 Å². The van der Waals surface area contributed by atoms with Gasteiger partial charge in [-0.3, -0.25) is 9.59 Å². The molecule has 0 saturated heterocycles. The van der Waals surface area contributed by atoms with E-state index in [2.05, 4.69) is 11.4 Å². The zero-order valence-electron chi connectivity index (χ0n) is 16.2. The van der Waals surface area contributed by atoms with Crippen molar-refractivity contribution in [3.05, 3.63) is 60.2 Å². The molecule has 0 aromatic heterocycles. The van der Waals surface area contributed by atoms with E-state index in [4.69, 9.17) is 0 Å². The fourth-order valence-corrected chi connectivity index (χ4v) is 3.85. The van der Waals surface area contributed by atoms with Crippen molar-refractivity contribution in [2.24, 2.45) is 11.8 Å². The van der Waals surface area contributed by atoms with Crippen molar-refractivity contribution in [2.75, 3.05) is 16.8 Å². The van der Waals surface area contributed by atoms with E-state index < -0.39 is 0 Å². The van der Waals surface area contributed by atoms with Crippen LogP contribution in [0.3, 0.4) is 0 Å². The Morgan fingerprint density at radius 2 is 1.63 bits per heavy atom. The third-order valence-corrected chi connectivity index (χ3v) is 5.38. The third kappa shape index (κ3) is 4.76. The van der Waals surface area contributed by atoms with Crippen molar-refractivity contribution < 1.29 is 9.59 Å². The number of carbonyl (C=O) groups excluding carboxylic acids is 2. The van der Waals surface area contributed by atoms with Gasteiger partial charge < -0.3 is 10.2 Å². The molecule has 0 heterocycles. The van der Waals surface area contributed by atoms with E-state index in [1.807, 2.05) is 67.3 Å². The summed E-state index contributed by atoms with van der Waals surface area (Å²) in [6.07, 6.45) is 3.07. The predicted octanol–water partition coefficient (Wildman–Crippen LogP) is 4.79. The van der Waals surface area contributed by atoms with Crippen LogP contribution >= 0.6 is 0 Å². The van der Waals surface area contributed by atoms with Gasteiger partial charge in [0.15, 0.2) is 0 Å². The van der Waals surface area contributed by atoms with Gasteiger partial charge in [0.2, 0.25) is 11.8 Å². The second-order valence-corrected chi connectivity index (χ2v) is 7.33. The summed E-state index contributed by atoms with van der Waals surface area (Å²) in [6, 6.07) is 17.6. The minimum absolute atomic E-state index is 0.00578. The van der Waals surface area contributed by atoms with E-state index >= 15 is 0 Å². The monoisotopic (exact) mass is 364 g/mol. The van der Waals surface area contributed by atoms with Crippen LogP contribution in [0.2, 0.25) is 0 Å². The summed E-state index contributed by atoms with van der Waals surface area (Å²) in [5.41, 5.74) is 2.95. The molecule has 1 fully saturated rings. The summed E-state index contributed by atoms with van der Waals surface area (Å²) < 4.78 is 0. The SMILES string of the molecule is CCN(C(=O)C1CCC(C(=O)Nc2ccccc2)CC1)c1cccc(C)c1.